The molecule has 7 nitrogen and oxygen atoms in total. The Morgan fingerprint density at radius 1 is 1.33 bits per heavy atom. The van der Waals surface area contributed by atoms with Crippen LogP contribution in [0.3, 0.4) is 0 Å². The highest BCUT2D eigenvalue weighted by Crippen LogP contribution is 2.21. The van der Waals surface area contributed by atoms with Crippen molar-refractivity contribution in [3.63, 3.8) is 0 Å². The Balaban J connectivity index is 2.57. The Kier molecular flexibility index (Phi) is 5.08. The summed E-state index contributed by atoms with van der Waals surface area (Å²) in [5.41, 5.74) is 0. The highest BCUT2D eigenvalue weighted by molar-refractivity contribution is 5.87. The fourth-order valence-corrected chi connectivity index (χ4v) is 1.80. The number of ether oxygens (including phenoxy) is 1. The van der Waals surface area contributed by atoms with Gasteiger partial charge in [-0.15, -0.1) is 0 Å². The van der Waals surface area contributed by atoms with E-state index in [0.717, 1.165) is 0 Å². The van der Waals surface area contributed by atoms with Crippen LogP contribution in [0.5, 0.6) is 0 Å². The number of amides is 2. The third kappa shape index (κ3) is 3.43. The van der Waals surface area contributed by atoms with Gasteiger partial charge in [0.25, 0.3) is 5.91 Å². The van der Waals surface area contributed by atoms with Crippen molar-refractivity contribution in [1.82, 2.24) is 10.2 Å². The predicted molar refractivity (Wildman–Crippen MR) is 61.9 cm³/mol. The molecule has 0 aromatic rings. The molecule has 0 saturated carbocycles. The Morgan fingerprint density at radius 2 is 1.94 bits per heavy atom. The lowest BCUT2D eigenvalue weighted by atomic mass is 10.2. The van der Waals surface area contributed by atoms with Crippen LogP contribution in [0.15, 0.2) is 0 Å². The van der Waals surface area contributed by atoms with Crippen LogP contribution < -0.4 is 5.32 Å². The van der Waals surface area contributed by atoms with Gasteiger partial charge in [-0.25, -0.2) is 4.79 Å². The Bertz CT molecular complexity index is 344. The van der Waals surface area contributed by atoms with Crippen LogP contribution >= 0.6 is 0 Å². The van der Waals surface area contributed by atoms with E-state index < -0.39 is 18.2 Å². The van der Waals surface area contributed by atoms with Gasteiger partial charge in [0, 0.05) is 13.6 Å². The number of rotatable bonds is 5. The Morgan fingerprint density at radius 3 is 2.39 bits per heavy atom. The molecule has 2 amide bonds. The molecular formula is C11H18N2O5. The van der Waals surface area contributed by atoms with Crippen molar-refractivity contribution < 1.29 is 24.2 Å². The number of carbonyl (C=O) groups is 3. The van der Waals surface area contributed by atoms with Crippen LogP contribution in [0.2, 0.25) is 0 Å². The summed E-state index contributed by atoms with van der Waals surface area (Å²) < 4.78 is 5.16. The Hall–Kier alpha value is -1.63. The normalized spacial score (nSPS) is 22.6. The zero-order valence-corrected chi connectivity index (χ0v) is 10.5. The molecule has 2 atom stereocenters. The molecule has 1 rings (SSSR count). The van der Waals surface area contributed by atoms with Crippen molar-refractivity contribution in [3.05, 3.63) is 0 Å². The van der Waals surface area contributed by atoms with Gasteiger partial charge in [-0.2, -0.15) is 0 Å². The summed E-state index contributed by atoms with van der Waals surface area (Å²) in [6, 6.07) is 0. The average molecular weight is 258 g/mol. The number of aliphatic carboxylic acids is 1. The maximum absolute atomic E-state index is 12.0. The van der Waals surface area contributed by atoms with E-state index in [1.54, 1.807) is 6.92 Å². The van der Waals surface area contributed by atoms with Crippen LogP contribution in [0.4, 0.5) is 0 Å². The maximum atomic E-state index is 12.0. The topological polar surface area (TPSA) is 95.9 Å². The first kappa shape index (κ1) is 14.4. The highest BCUT2D eigenvalue weighted by atomic mass is 16.5. The largest absolute Gasteiger partial charge is 0.479 e. The number of carboxylic acids is 1. The molecule has 102 valence electrons. The number of nitrogens with one attached hydrogen (secondary N) is 1. The monoisotopic (exact) mass is 258 g/mol. The van der Waals surface area contributed by atoms with Crippen LogP contribution in [0, 0.1) is 0 Å². The second kappa shape index (κ2) is 6.34. The van der Waals surface area contributed by atoms with E-state index in [1.165, 1.54) is 11.9 Å². The van der Waals surface area contributed by atoms with E-state index in [1.807, 2.05) is 0 Å². The van der Waals surface area contributed by atoms with Crippen LogP contribution in [-0.4, -0.2) is 60.1 Å². The summed E-state index contributed by atoms with van der Waals surface area (Å²) in [5.74, 6) is -1.65. The maximum Gasteiger partial charge on any atom is 0.332 e. The molecule has 0 aromatic heterocycles. The van der Waals surface area contributed by atoms with E-state index >= 15 is 0 Å². The SMILES string of the molecule is CCN(CC(=O)NC)C(=O)C1CCC(C(=O)O)O1. The fraction of sp³-hybridized carbons (Fsp3) is 0.727. The van der Waals surface area contributed by atoms with Crippen molar-refractivity contribution in [2.45, 2.75) is 32.0 Å². The second-order valence-electron chi connectivity index (χ2n) is 4.05. The second-order valence-corrected chi connectivity index (χ2v) is 4.05. The minimum atomic E-state index is -1.06. The molecule has 18 heavy (non-hydrogen) atoms. The number of likely N-dealkylation sites (N-methyl/N-ethyl adjacent to an activating group) is 2. The summed E-state index contributed by atoms with van der Waals surface area (Å²) in [6.45, 7) is 2.09. The molecule has 1 heterocycles. The summed E-state index contributed by atoms with van der Waals surface area (Å²) in [7, 11) is 1.49. The summed E-state index contributed by atoms with van der Waals surface area (Å²) >= 11 is 0. The molecule has 0 aromatic carbocycles. The lowest BCUT2D eigenvalue weighted by Gasteiger charge is -2.23. The first-order valence-electron chi connectivity index (χ1n) is 5.87. The van der Waals surface area contributed by atoms with Crippen LogP contribution in [0.1, 0.15) is 19.8 Å². The Labute approximate surface area is 105 Å². The van der Waals surface area contributed by atoms with E-state index in [-0.39, 0.29) is 18.4 Å². The smallest absolute Gasteiger partial charge is 0.332 e. The molecule has 2 N–H and O–H groups in total. The molecule has 0 radical (unpaired) electrons. The standard InChI is InChI=1S/C11H18N2O5/c1-3-13(6-9(14)12-2)10(15)7-4-5-8(18-7)11(16)17/h7-8H,3-6H2,1-2H3,(H,12,14)(H,16,17). The lowest BCUT2D eigenvalue weighted by Crippen LogP contribution is -2.44. The fourth-order valence-electron chi connectivity index (χ4n) is 1.80. The van der Waals surface area contributed by atoms with Gasteiger partial charge in [0.15, 0.2) is 6.10 Å². The van der Waals surface area contributed by atoms with E-state index in [9.17, 15) is 14.4 Å². The van der Waals surface area contributed by atoms with Gasteiger partial charge < -0.3 is 20.1 Å². The average Bonchev–Trinajstić information content (AvgIpc) is 2.84. The van der Waals surface area contributed by atoms with Gasteiger partial charge in [0.2, 0.25) is 5.91 Å². The third-order valence-electron chi connectivity index (χ3n) is 2.88. The lowest BCUT2D eigenvalue weighted by molar-refractivity contribution is -0.155. The number of carboxylic acid groups (broad SMARTS) is 1. The highest BCUT2D eigenvalue weighted by Gasteiger charge is 2.36. The predicted octanol–water partition coefficient (Wildman–Crippen LogP) is -0.787. The van der Waals surface area contributed by atoms with Gasteiger partial charge in [0.05, 0.1) is 6.54 Å². The van der Waals surface area contributed by atoms with E-state index in [2.05, 4.69) is 5.32 Å². The van der Waals surface area contributed by atoms with Gasteiger partial charge in [-0.1, -0.05) is 0 Å². The molecule has 0 aliphatic carbocycles. The van der Waals surface area contributed by atoms with Gasteiger partial charge in [-0.05, 0) is 19.8 Å². The minimum Gasteiger partial charge on any atom is -0.479 e. The molecule has 0 spiro atoms. The van der Waals surface area contributed by atoms with Gasteiger partial charge >= 0.3 is 5.97 Å². The molecule has 1 fully saturated rings. The van der Waals surface area contributed by atoms with Crippen molar-refractivity contribution >= 4 is 17.8 Å². The molecule has 0 bridgehead atoms. The van der Waals surface area contributed by atoms with E-state index in [0.29, 0.717) is 19.4 Å². The summed E-state index contributed by atoms with van der Waals surface area (Å²) in [5, 5.41) is 11.2. The van der Waals surface area contributed by atoms with E-state index in [4.69, 9.17) is 9.84 Å². The van der Waals surface area contributed by atoms with Gasteiger partial charge in [-0.3, -0.25) is 9.59 Å². The molecule has 1 aliphatic heterocycles. The number of hydrogen-bond acceptors (Lipinski definition) is 4. The number of nitrogens with zero attached hydrogens (tertiary/aromatic N) is 1. The van der Waals surface area contributed by atoms with Crippen molar-refractivity contribution in [1.29, 1.82) is 0 Å². The quantitative estimate of drug-likeness (QED) is 0.674. The zero-order chi connectivity index (χ0) is 13.7. The van der Waals surface area contributed by atoms with Crippen LogP contribution in [-0.2, 0) is 19.1 Å². The van der Waals surface area contributed by atoms with Crippen molar-refractivity contribution in [3.8, 4) is 0 Å². The first-order valence-corrected chi connectivity index (χ1v) is 5.87. The van der Waals surface area contributed by atoms with Gasteiger partial charge in [0.1, 0.15) is 6.10 Å². The molecule has 1 saturated heterocycles. The zero-order valence-electron chi connectivity index (χ0n) is 10.5. The van der Waals surface area contributed by atoms with Crippen molar-refractivity contribution in [2.24, 2.45) is 0 Å². The number of hydrogen-bond donors (Lipinski definition) is 2. The summed E-state index contributed by atoms with van der Waals surface area (Å²) in [6.07, 6.45) is -0.975. The molecular weight excluding hydrogens is 240 g/mol. The molecule has 7 heteroatoms. The van der Waals surface area contributed by atoms with Crippen molar-refractivity contribution in [2.75, 3.05) is 20.1 Å². The summed E-state index contributed by atoms with van der Waals surface area (Å²) in [4.78, 5) is 35.3. The molecule has 2 unspecified atom stereocenters. The first-order chi connectivity index (χ1) is 8.49. The third-order valence-corrected chi connectivity index (χ3v) is 2.88. The minimum absolute atomic E-state index is 0.0383. The number of carbonyl (C=O) groups excluding carboxylic acids is 2. The molecule has 1 aliphatic rings. The van der Waals surface area contributed by atoms with Crippen LogP contribution in [0.25, 0.3) is 0 Å².